The molecule has 0 bridgehead atoms. The minimum Gasteiger partial charge on any atom is -0.316 e. The van der Waals surface area contributed by atoms with E-state index in [1.807, 2.05) is 0 Å². The zero-order valence-corrected chi connectivity index (χ0v) is 12.0. The second-order valence-corrected chi connectivity index (χ2v) is 7.08. The minimum absolute atomic E-state index is 0.915. The van der Waals surface area contributed by atoms with Gasteiger partial charge in [-0.15, -0.1) is 0 Å². The van der Waals surface area contributed by atoms with Crippen LogP contribution in [0.2, 0.25) is 0 Å². The molecule has 2 nitrogen and oxygen atoms in total. The molecule has 1 saturated carbocycles. The molecule has 104 valence electrons. The summed E-state index contributed by atoms with van der Waals surface area (Å²) in [4.78, 5) is 2.77. The third-order valence-corrected chi connectivity index (χ3v) is 5.84. The van der Waals surface area contributed by atoms with Crippen molar-refractivity contribution in [2.45, 2.75) is 45.4 Å². The van der Waals surface area contributed by atoms with Crippen molar-refractivity contribution in [1.29, 1.82) is 0 Å². The summed E-state index contributed by atoms with van der Waals surface area (Å²) in [6.07, 6.45) is 8.81. The molecule has 0 aromatic rings. The average Bonchev–Trinajstić information content (AvgIpc) is 2.97. The summed E-state index contributed by atoms with van der Waals surface area (Å²) in [6, 6.07) is 0. The third kappa shape index (κ3) is 2.91. The van der Waals surface area contributed by atoms with Crippen LogP contribution < -0.4 is 5.32 Å². The van der Waals surface area contributed by atoms with Gasteiger partial charge in [0.25, 0.3) is 0 Å². The quantitative estimate of drug-likeness (QED) is 0.825. The van der Waals surface area contributed by atoms with Crippen LogP contribution in [0.15, 0.2) is 0 Å². The molecule has 2 saturated heterocycles. The van der Waals surface area contributed by atoms with Crippen molar-refractivity contribution in [2.24, 2.45) is 23.7 Å². The molecular formula is C16H30N2. The van der Waals surface area contributed by atoms with E-state index in [1.54, 1.807) is 0 Å². The molecule has 3 aliphatic rings. The van der Waals surface area contributed by atoms with Gasteiger partial charge in [-0.2, -0.15) is 0 Å². The van der Waals surface area contributed by atoms with E-state index in [2.05, 4.69) is 17.1 Å². The molecule has 18 heavy (non-hydrogen) atoms. The van der Waals surface area contributed by atoms with E-state index in [-0.39, 0.29) is 0 Å². The summed E-state index contributed by atoms with van der Waals surface area (Å²) in [7, 11) is 0. The first-order valence-electron chi connectivity index (χ1n) is 8.26. The maximum Gasteiger partial charge on any atom is 0.00129 e. The van der Waals surface area contributed by atoms with Crippen molar-refractivity contribution in [1.82, 2.24) is 10.2 Å². The Morgan fingerprint density at radius 1 is 1.11 bits per heavy atom. The van der Waals surface area contributed by atoms with E-state index in [4.69, 9.17) is 0 Å². The van der Waals surface area contributed by atoms with Gasteiger partial charge in [0.2, 0.25) is 0 Å². The Morgan fingerprint density at radius 2 is 1.89 bits per heavy atom. The molecule has 0 aromatic heterocycles. The van der Waals surface area contributed by atoms with Crippen LogP contribution in [0.3, 0.4) is 0 Å². The van der Waals surface area contributed by atoms with Gasteiger partial charge in [-0.3, -0.25) is 0 Å². The highest BCUT2D eigenvalue weighted by atomic mass is 15.2. The summed E-state index contributed by atoms with van der Waals surface area (Å²) in [5.41, 5.74) is 0. The molecule has 3 fully saturated rings. The van der Waals surface area contributed by atoms with Gasteiger partial charge in [0.15, 0.2) is 0 Å². The number of fused-ring (bicyclic) bond motifs is 1. The Kier molecular flexibility index (Phi) is 4.25. The van der Waals surface area contributed by atoms with Gasteiger partial charge in [0.1, 0.15) is 0 Å². The number of piperidine rings is 1. The van der Waals surface area contributed by atoms with E-state index in [0.29, 0.717) is 0 Å². The topological polar surface area (TPSA) is 15.3 Å². The maximum atomic E-state index is 3.56. The van der Waals surface area contributed by atoms with Gasteiger partial charge >= 0.3 is 0 Å². The van der Waals surface area contributed by atoms with Crippen LogP contribution in [0.5, 0.6) is 0 Å². The van der Waals surface area contributed by atoms with Crippen LogP contribution in [0.4, 0.5) is 0 Å². The van der Waals surface area contributed by atoms with Gasteiger partial charge in [0, 0.05) is 13.1 Å². The Labute approximate surface area is 113 Å². The van der Waals surface area contributed by atoms with E-state index in [9.17, 15) is 0 Å². The fourth-order valence-corrected chi connectivity index (χ4v) is 4.50. The standard InChI is InChI=1S/C16H30N2/c1-13(14-6-3-8-17-10-14)7-9-18-11-15-4-2-5-16(15)12-18/h13-17H,2-12H2,1H3. The largest absolute Gasteiger partial charge is 0.316 e. The highest BCUT2D eigenvalue weighted by Crippen LogP contribution is 2.38. The van der Waals surface area contributed by atoms with Crippen LogP contribution in [0.1, 0.15) is 45.4 Å². The normalized spacial score (nSPS) is 38.8. The summed E-state index contributed by atoms with van der Waals surface area (Å²) >= 11 is 0. The Hall–Kier alpha value is -0.0800. The summed E-state index contributed by atoms with van der Waals surface area (Å²) < 4.78 is 0. The minimum atomic E-state index is 0.915. The molecule has 3 rings (SSSR count). The molecule has 1 N–H and O–H groups in total. The van der Waals surface area contributed by atoms with Crippen molar-refractivity contribution >= 4 is 0 Å². The number of nitrogens with zero attached hydrogens (tertiary/aromatic N) is 1. The molecule has 1 aliphatic carbocycles. The van der Waals surface area contributed by atoms with Crippen molar-refractivity contribution in [2.75, 3.05) is 32.7 Å². The monoisotopic (exact) mass is 250 g/mol. The van der Waals surface area contributed by atoms with E-state index in [1.165, 1.54) is 71.2 Å². The first kappa shape index (κ1) is 12.9. The number of hydrogen-bond donors (Lipinski definition) is 1. The van der Waals surface area contributed by atoms with Gasteiger partial charge in [-0.25, -0.2) is 0 Å². The van der Waals surface area contributed by atoms with Crippen LogP contribution >= 0.6 is 0 Å². The zero-order chi connectivity index (χ0) is 12.4. The molecule has 0 aromatic carbocycles. The summed E-state index contributed by atoms with van der Waals surface area (Å²) in [5.74, 6) is 3.99. The fraction of sp³-hybridized carbons (Fsp3) is 1.00. The van der Waals surface area contributed by atoms with Crippen LogP contribution in [0.25, 0.3) is 0 Å². The lowest BCUT2D eigenvalue weighted by Crippen LogP contribution is -2.34. The predicted molar refractivity (Wildman–Crippen MR) is 76.6 cm³/mol. The van der Waals surface area contributed by atoms with Gasteiger partial charge in [0.05, 0.1) is 0 Å². The molecule has 4 atom stereocenters. The van der Waals surface area contributed by atoms with Crippen molar-refractivity contribution in [3.05, 3.63) is 0 Å². The highest BCUT2D eigenvalue weighted by Gasteiger charge is 2.35. The molecule has 0 amide bonds. The number of likely N-dealkylation sites (tertiary alicyclic amines) is 1. The molecular weight excluding hydrogens is 220 g/mol. The Balaban J connectivity index is 1.38. The molecule has 2 heteroatoms. The highest BCUT2D eigenvalue weighted by molar-refractivity contribution is 4.88. The van der Waals surface area contributed by atoms with E-state index < -0.39 is 0 Å². The first-order valence-corrected chi connectivity index (χ1v) is 8.26. The third-order valence-electron chi connectivity index (χ3n) is 5.84. The van der Waals surface area contributed by atoms with Crippen LogP contribution in [0, 0.1) is 23.7 Å². The lowest BCUT2D eigenvalue weighted by Gasteiger charge is -2.29. The molecule has 0 radical (unpaired) electrons. The van der Waals surface area contributed by atoms with Crippen LogP contribution in [-0.2, 0) is 0 Å². The second-order valence-electron chi connectivity index (χ2n) is 7.08. The summed E-state index contributed by atoms with van der Waals surface area (Å²) in [6.45, 7) is 9.20. The first-order chi connectivity index (χ1) is 8.83. The molecule has 4 unspecified atom stereocenters. The number of hydrogen-bond acceptors (Lipinski definition) is 2. The average molecular weight is 250 g/mol. The lowest BCUT2D eigenvalue weighted by atomic mass is 9.85. The fourth-order valence-electron chi connectivity index (χ4n) is 4.50. The predicted octanol–water partition coefficient (Wildman–Crippen LogP) is 2.74. The Bertz CT molecular complexity index is 246. The van der Waals surface area contributed by atoms with Crippen molar-refractivity contribution in [3.63, 3.8) is 0 Å². The molecule has 0 spiro atoms. The number of nitrogens with one attached hydrogen (secondary N) is 1. The van der Waals surface area contributed by atoms with Gasteiger partial charge < -0.3 is 10.2 Å². The molecule has 2 heterocycles. The molecule has 2 aliphatic heterocycles. The lowest BCUT2D eigenvalue weighted by molar-refractivity contribution is 0.226. The zero-order valence-electron chi connectivity index (χ0n) is 12.0. The van der Waals surface area contributed by atoms with Gasteiger partial charge in [-0.05, 0) is 75.4 Å². The van der Waals surface area contributed by atoms with E-state index in [0.717, 1.165) is 23.7 Å². The summed E-state index contributed by atoms with van der Waals surface area (Å²) in [5, 5.41) is 3.56. The number of rotatable bonds is 4. The van der Waals surface area contributed by atoms with Crippen molar-refractivity contribution in [3.8, 4) is 0 Å². The second kappa shape index (κ2) is 5.92. The van der Waals surface area contributed by atoms with Crippen LogP contribution in [-0.4, -0.2) is 37.6 Å². The Morgan fingerprint density at radius 3 is 2.56 bits per heavy atom. The smallest absolute Gasteiger partial charge is 0.00129 e. The maximum absolute atomic E-state index is 3.56. The van der Waals surface area contributed by atoms with Crippen molar-refractivity contribution < 1.29 is 0 Å². The van der Waals surface area contributed by atoms with E-state index >= 15 is 0 Å². The SMILES string of the molecule is CC(CCN1CC2CCCC2C1)C1CCCNC1. The van der Waals surface area contributed by atoms with Gasteiger partial charge in [-0.1, -0.05) is 13.3 Å².